The zero-order valence-corrected chi connectivity index (χ0v) is 18.9. The quantitative estimate of drug-likeness (QED) is 0.469. The molecule has 3 heterocycles. The second kappa shape index (κ2) is 6.85. The van der Waals surface area contributed by atoms with Gasteiger partial charge in [0, 0.05) is 35.7 Å². The van der Waals surface area contributed by atoms with Crippen molar-refractivity contribution in [1.82, 2.24) is 9.97 Å². The first kappa shape index (κ1) is 19.9. The van der Waals surface area contributed by atoms with Crippen LogP contribution in [0, 0.1) is 27.7 Å². The van der Waals surface area contributed by atoms with E-state index in [9.17, 15) is 4.55 Å². The summed E-state index contributed by atoms with van der Waals surface area (Å²) in [5.41, 5.74) is 6.73. The highest BCUT2D eigenvalue weighted by Crippen LogP contribution is 2.48. The van der Waals surface area contributed by atoms with Gasteiger partial charge in [-0.15, -0.1) is 0 Å². The van der Waals surface area contributed by atoms with E-state index < -0.39 is 11.2 Å². The van der Waals surface area contributed by atoms with Crippen LogP contribution in [-0.2, 0) is 16.6 Å². The SMILES string of the molecule is Cc1cnc2c(c1)[S+]([O-])c1cc(C)cnc1N2c1c(C)cc(C(C)(C)C)cc1C. The lowest BCUT2D eigenvalue weighted by Gasteiger charge is -2.33. The molecule has 0 saturated carbocycles. The number of hydrogen-bond donors (Lipinski definition) is 0. The molecule has 2 aromatic heterocycles. The third-order valence-corrected chi connectivity index (χ3v) is 6.74. The van der Waals surface area contributed by atoms with Gasteiger partial charge in [-0.1, -0.05) is 32.9 Å². The number of fused-ring (bicyclic) bond motifs is 2. The first-order valence-corrected chi connectivity index (χ1v) is 11.0. The van der Waals surface area contributed by atoms with Crippen molar-refractivity contribution in [3.63, 3.8) is 0 Å². The summed E-state index contributed by atoms with van der Waals surface area (Å²) in [6.07, 6.45) is 3.66. The summed E-state index contributed by atoms with van der Waals surface area (Å²) in [6.45, 7) is 14.9. The van der Waals surface area contributed by atoms with Crippen LogP contribution in [0.2, 0.25) is 0 Å². The van der Waals surface area contributed by atoms with Crippen LogP contribution in [0.1, 0.15) is 48.6 Å². The summed E-state index contributed by atoms with van der Waals surface area (Å²) in [4.78, 5) is 13.0. The molecule has 29 heavy (non-hydrogen) atoms. The van der Waals surface area contributed by atoms with Gasteiger partial charge in [-0.2, -0.15) is 0 Å². The average Bonchev–Trinajstić information content (AvgIpc) is 2.63. The van der Waals surface area contributed by atoms with Crippen molar-refractivity contribution < 1.29 is 4.55 Å². The highest BCUT2D eigenvalue weighted by Gasteiger charge is 2.38. The number of aryl methyl sites for hydroxylation is 4. The van der Waals surface area contributed by atoms with Crippen molar-refractivity contribution in [2.75, 3.05) is 4.90 Å². The highest BCUT2D eigenvalue weighted by atomic mass is 32.2. The smallest absolute Gasteiger partial charge is 0.202 e. The number of aromatic nitrogens is 2. The average molecular weight is 406 g/mol. The van der Waals surface area contributed by atoms with Crippen LogP contribution < -0.4 is 4.90 Å². The third kappa shape index (κ3) is 3.32. The summed E-state index contributed by atoms with van der Waals surface area (Å²) in [6, 6.07) is 8.45. The molecular weight excluding hydrogens is 378 g/mol. The molecule has 0 N–H and O–H groups in total. The van der Waals surface area contributed by atoms with E-state index in [1.54, 1.807) is 0 Å². The fourth-order valence-electron chi connectivity index (χ4n) is 3.85. The Labute approximate surface area is 176 Å². The molecule has 3 aromatic rings. The molecule has 0 radical (unpaired) electrons. The van der Waals surface area contributed by atoms with Crippen molar-refractivity contribution in [1.29, 1.82) is 0 Å². The largest absolute Gasteiger partial charge is 0.606 e. The summed E-state index contributed by atoms with van der Waals surface area (Å²) in [5.74, 6) is 1.40. The third-order valence-electron chi connectivity index (χ3n) is 5.34. The van der Waals surface area contributed by atoms with Crippen LogP contribution in [0.25, 0.3) is 0 Å². The highest BCUT2D eigenvalue weighted by molar-refractivity contribution is 7.92. The van der Waals surface area contributed by atoms with Crippen molar-refractivity contribution in [3.05, 3.63) is 64.5 Å². The van der Waals surface area contributed by atoms with E-state index >= 15 is 0 Å². The summed E-state index contributed by atoms with van der Waals surface area (Å²) >= 11 is -1.30. The lowest BCUT2D eigenvalue weighted by molar-refractivity contribution is 0.589. The molecule has 0 aliphatic carbocycles. The fraction of sp³-hybridized carbons (Fsp3) is 0.333. The van der Waals surface area contributed by atoms with Crippen LogP contribution in [0.3, 0.4) is 0 Å². The normalized spacial score (nSPS) is 14.0. The van der Waals surface area contributed by atoms with E-state index in [0.717, 1.165) is 37.7 Å². The van der Waals surface area contributed by atoms with Crippen molar-refractivity contribution >= 4 is 28.5 Å². The zero-order chi connectivity index (χ0) is 21.1. The first-order valence-electron chi connectivity index (χ1n) is 9.85. The Morgan fingerprint density at radius 3 is 1.66 bits per heavy atom. The molecule has 150 valence electrons. The predicted octanol–water partition coefficient (Wildman–Crippen LogP) is 5.96. The molecule has 0 spiro atoms. The van der Waals surface area contributed by atoms with Crippen LogP contribution in [0.4, 0.5) is 17.3 Å². The van der Waals surface area contributed by atoms with Gasteiger partial charge in [0.15, 0.2) is 11.6 Å². The van der Waals surface area contributed by atoms with E-state index in [-0.39, 0.29) is 5.41 Å². The molecule has 5 heteroatoms. The molecule has 0 fully saturated rings. The molecular formula is C24H27N3OS. The van der Waals surface area contributed by atoms with E-state index in [2.05, 4.69) is 51.7 Å². The maximum atomic E-state index is 13.3. The fourth-order valence-corrected chi connectivity index (χ4v) is 5.29. The molecule has 1 aliphatic rings. The van der Waals surface area contributed by atoms with E-state index in [1.165, 1.54) is 5.56 Å². The van der Waals surface area contributed by atoms with E-state index in [1.807, 2.05) is 38.4 Å². The molecule has 4 nitrogen and oxygen atoms in total. The maximum absolute atomic E-state index is 13.3. The lowest BCUT2D eigenvalue weighted by atomic mass is 9.84. The topological polar surface area (TPSA) is 52.1 Å². The number of nitrogens with zero attached hydrogens (tertiary/aromatic N) is 3. The Balaban J connectivity index is 2.02. The van der Waals surface area contributed by atoms with Gasteiger partial charge in [0.05, 0.1) is 5.69 Å². The van der Waals surface area contributed by atoms with Crippen LogP contribution in [-0.4, -0.2) is 14.5 Å². The number of pyridine rings is 2. The first-order chi connectivity index (χ1) is 13.6. The molecule has 4 rings (SSSR count). The minimum absolute atomic E-state index is 0.0674. The van der Waals surface area contributed by atoms with Gasteiger partial charge in [0.25, 0.3) is 0 Å². The number of anilines is 3. The Bertz CT molecular complexity index is 1040. The molecule has 0 amide bonds. The van der Waals surface area contributed by atoms with E-state index in [0.29, 0.717) is 11.6 Å². The monoisotopic (exact) mass is 405 g/mol. The predicted molar refractivity (Wildman–Crippen MR) is 119 cm³/mol. The number of benzene rings is 1. The van der Waals surface area contributed by atoms with Gasteiger partial charge in [0.2, 0.25) is 9.79 Å². The van der Waals surface area contributed by atoms with Gasteiger partial charge < -0.3 is 4.55 Å². The maximum Gasteiger partial charge on any atom is 0.202 e. The molecule has 0 bridgehead atoms. The molecule has 0 saturated heterocycles. The van der Waals surface area contributed by atoms with Crippen LogP contribution in [0.5, 0.6) is 0 Å². The number of hydrogen-bond acceptors (Lipinski definition) is 4. The zero-order valence-electron chi connectivity index (χ0n) is 18.1. The Hall–Kier alpha value is -2.37. The molecule has 1 aromatic carbocycles. The van der Waals surface area contributed by atoms with Gasteiger partial charge in [-0.3, -0.25) is 4.90 Å². The van der Waals surface area contributed by atoms with Crippen molar-refractivity contribution in [3.8, 4) is 0 Å². The number of rotatable bonds is 1. The standard InChI is InChI=1S/C24H27N3OS/c1-14-8-19-22(25-12-14)27(23-20(29(19)28)9-15(2)13-26-23)21-16(3)10-18(11-17(21)4)24(5,6)7/h8-13H,1-7H3. The van der Waals surface area contributed by atoms with Crippen molar-refractivity contribution in [2.24, 2.45) is 0 Å². The van der Waals surface area contributed by atoms with E-state index in [4.69, 9.17) is 9.97 Å². The Morgan fingerprint density at radius 1 is 0.793 bits per heavy atom. The Morgan fingerprint density at radius 2 is 1.24 bits per heavy atom. The minimum atomic E-state index is -1.30. The summed E-state index contributed by atoms with van der Waals surface area (Å²) in [5, 5.41) is 0. The van der Waals surface area contributed by atoms with Crippen LogP contribution in [0.15, 0.2) is 46.5 Å². The summed E-state index contributed by atoms with van der Waals surface area (Å²) < 4.78 is 13.3. The second-order valence-corrected chi connectivity index (χ2v) is 10.4. The van der Waals surface area contributed by atoms with Gasteiger partial charge >= 0.3 is 0 Å². The van der Waals surface area contributed by atoms with Gasteiger partial charge in [-0.05, 0) is 60.9 Å². The van der Waals surface area contributed by atoms with Crippen LogP contribution >= 0.6 is 0 Å². The molecule has 1 aliphatic heterocycles. The van der Waals surface area contributed by atoms with Gasteiger partial charge in [-0.25, -0.2) is 9.97 Å². The minimum Gasteiger partial charge on any atom is -0.606 e. The van der Waals surface area contributed by atoms with Gasteiger partial charge in [0.1, 0.15) is 0 Å². The summed E-state index contributed by atoms with van der Waals surface area (Å²) in [7, 11) is 0. The lowest BCUT2D eigenvalue weighted by Crippen LogP contribution is -2.26. The molecule has 0 atom stereocenters. The Kier molecular flexibility index (Phi) is 4.71. The second-order valence-electron chi connectivity index (χ2n) is 8.98. The van der Waals surface area contributed by atoms with Crippen molar-refractivity contribution in [2.45, 2.75) is 63.7 Å². The molecule has 0 unspecified atom stereocenters.